The molecule has 0 spiro atoms. The molecule has 0 saturated heterocycles. The number of hydrogen-bond donors (Lipinski definition) is 5. The van der Waals surface area contributed by atoms with Crippen molar-refractivity contribution in [3.8, 4) is 11.5 Å². The summed E-state index contributed by atoms with van der Waals surface area (Å²) in [6, 6.07) is 1.35. The molecule has 0 fully saturated rings. The zero-order valence-electron chi connectivity index (χ0n) is 26.8. The number of nitrogens with one attached hydrogen (secondary N) is 2. The van der Waals surface area contributed by atoms with Crippen LogP contribution >= 0.6 is 0 Å². The number of likely N-dealkylation sites (N-methyl/N-ethyl adjacent to an activating group) is 1. The van der Waals surface area contributed by atoms with Crippen LogP contribution in [0.3, 0.4) is 0 Å². The fourth-order valence-corrected chi connectivity index (χ4v) is 5.26. The van der Waals surface area contributed by atoms with Gasteiger partial charge in [0.15, 0.2) is 6.10 Å². The Kier molecular flexibility index (Phi) is 14.0. The number of carbonyl (C=O) groups excluding carboxylic acids is 2. The molecule has 0 radical (unpaired) electrons. The second-order valence-electron chi connectivity index (χ2n) is 11.6. The lowest BCUT2D eigenvalue weighted by Crippen LogP contribution is -2.34. The van der Waals surface area contributed by atoms with E-state index in [9.17, 15) is 19.8 Å². The molecule has 1 aromatic carbocycles. The number of carbonyl (C=O) groups is 2. The Morgan fingerprint density at radius 1 is 1.16 bits per heavy atom. The maximum Gasteiger partial charge on any atom is 0.405 e. The molecule has 1 heterocycles. The first kappa shape index (κ1) is 35.7. The number of anilines is 2. The Morgan fingerprint density at radius 2 is 1.86 bits per heavy atom. The molecule has 0 aliphatic carbocycles. The molecule has 1 aliphatic rings. The van der Waals surface area contributed by atoms with Gasteiger partial charge >= 0.3 is 6.09 Å². The molecule has 5 atom stereocenters. The first-order valence-corrected chi connectivity index (χ1v) is 14.6. The highest BCUT2D eigenvalue weighted by molar-refractivity contribution is 6.04. The summed E-state index contributed by atoms with van der Waals surface area (Å²) < 4.78 is 16.9. The number of nitrogens with two attached hydrogens (primary N) is 1. The summed E-state index contributed by atoms with van der Waals surface area (Å²) in [6.07, 6.45) is 6.24. The molecule has 2 rings (SSSR count). The molecular weight excluding hydrogens is 552 g/mol. The summed E-state index contributed by atoms with van der Waals surface area (Å²) in [7, 11) is 7.07. The molecule has 0 aromatic heterocycles. The van der Waals surface area contributed by atoms with E-state index in [1.54, 1.807) is 32.3 Å². The van der Waals surface area contributed by atoms with Crippen molar-refractivity contribution < 1.29 is 34.0 Å². The standard InChI is InChI=1S/C32H50N4O7/c1-19-14-22(4)30(43-32(33)40)27(42-8)11-9-10-21(3)31(39)35-25-18-26(37)28(34-12-13-36(5)6)24(29(25)38)17-20(2)16-23(15-19)41-7/h9-11,14,18-20,23,27,30,34,37-38H,12-13,15-17H2,1-8H3,(H2,33,40)(H,35,39)/b11-9-,21-10+,22-14+/t19-,20-,23?,27?,30?/m0/s1. The summed E-state index contributed by atoms with van der Waals surface area (Å²) in [4.78, 5) is 26.8. The lowest BCUT2D eigenvalue weighted by atomic mass is 9.89. The number of phenolic OH excluding ortho intramolecular Hbond substituents is 2. The minimum atomic E-state index is -0.922. The van der Waals surface area contributed by atoms with Crippen molar-refractivity contribution in [2.24, 2.45) is 17.6 Å². The maximum atomic E-state index is 13.1. The number of hydrogen-bond acceptors (Lipinski definition) is 9. The molecule has 2 bridgehead atoms. The van der Waals surface area contributed by atoms with E-state index >= 15 is 0 Å². The van der Waals surface area contributed by atoms with Crippen molar-refractivity contribution in [2.75, 3.05) is 52.0 Å². The van der Waals surface area contributed by atoms with Gasteiger partial charge in [0.25, 0.3) is 5.91 Å². The van der Waals surface area contributed by atoms with E-state index < -0.39 is 24.2 Å². The fourth-order valence-electron chi connectivity index (χ4n) is 5.26. The maximum absolute atomic E-state index is 13.1. The first-order chi connectivity index (χ1) is 20.3. The molecule has 2 amide bonds. The van der Waals surface area contributed by atoms with Crippen LogP contribution in [-0.2, 0) is 25.4 Å². The number of primary amides is 1. The smallest absolute Gasteiger partial charge is 0.405 e. The predicted molar refractivity (Wildman–Crippen MR) is 169 cm³/mol. The summed E-state index contributed by atoms with van der Waals surface area (Å²) in [5, 5.41) is 28.4. The largest absolute Gasteiger partial charge is 0.506 e. The molecule has 11 nitrogen and oxygen atoms in total. The van der Waals surface area contributed by atoms with Gasteiger partial charge in [-0.2, -0.15) is 0 Å². The topological polar surface area (TPSA) is 156 Å². The molecule has 11 heteroatoms. The summed E-state index contributed by atoms with van der Waals surface area (Å²) >= 11 is 0. The average Bonchev–Trinajstić information content (AvgIpc) is 2.92. The van der Waals surface area contributed by atoms with E-state index in [1.165, 1.54) is 13.2 Å². The predicted octanol–water partition coefficient (Wildman–Crippen LogP) is 4.56. The van der Waals surface area contributed by atoms with Crippen molar-refractivity contribution in [2.45, 2.75) is 65.3 Å². The molecule has 1 aliphatic heterocycles. The van der Waals surface area contributed by atoms with Crippen LogP contribution in [0.4, 0.5) is 16.2 Å². The third-order valence-corrected chi connectivity index (χ3v) is 7.49. The lowest BCUT2D eigenvalue weighted by Gasteiger charge is -2.26. The molecule has 0 saturated carbocycles. The van der Waals surface area contributed by atoms with E-state index in [0.717, 1.165) is 12.1 Å². The van der Waals surface area contributed by atoms with E-state index in [0.29, 0.717) is 42.6 Å². The van der Waals surface area contributed by atoms with Crippen LogP contribution in [0.2, 0.25) is 0 Å². The number of aromatic hydroxyl groups is 2. The third-order valence-electron chi connectivity index (χ3n) is 7.49. The van der Waals surface area contributed by atoms with Crippen LogP contribution in [0.25, 0.3) is 0 Å². The minimum Gasteiger partial charge on any atom is -0.506 e. The van der Waals surface area contributed by atoms with Gasteiger partial charge in [0, 0.05) is 44.5 Å². The number of nitrogens with zero attached hydrogens (tertiary/aromatic N) is 1. The second-order valence-corrected chi connectivity index (χ2v) is 11.6. The van der Waals surface area contributed by atoms with E-state index in [-0.39, 0.29) is 35.1 Å². The van der Waals surface area contributed by atoms with Gasteiger partial charge in [0.2, 0.25) is 0 Å². The molecule has 3 unspecified atom stereocenters. The molecular formula is C32H50N4O7. The number of fused-ring (bicyclic) bond motifs is 2. The van der Waals surface area contributed by atoms with Gasteiger partial charge < -0.3 is 45.7 Å². The second kappa shape index (κ2) is 16.9. The Labute approximate surface area is 255 Å². The Hall–Kier alpha value is -3.54. The van der Waals surface area contributed by atoms with Gasteiger partial charge in [-0.05, 0) is 64.6 Å². The number of amides is 2. The van der Waals surface area contributed by atoms with Crippen molar-refractivity contribution in [1.82, 2.24) is 4.90 Å². The van der Waals surface area contributed by atoms with Gasteiger partial charge in [0.1, 0.15) is 17.6 Å². The number of benzene rings is 1. The minimum absolute atomic E-state index is 0.0459. The Bertz CT molecular complexity index is 1190. The van der Waals surface area contributed by atoms with Gasteiger partial charge in [-0.3, -0.25) is 4.79 Å². The number of phenols is 2. The highest BCUT2D eigenvalue weighted by atomic mass is 16.6. The fraction of sp³-hybridized carbons (Fsp3) is 0.562. The summed E-state index contributed by atoms with van der Waals surface area (Å²) in [5.41, 5.74) is 7.57. The van der Waals surface area contributed by atoms with Crippen molar-refractivity contribution in [1.29, 1.82) is 0 Å². The zero-order chi connectivity index (χ0) is 32.3. The normalized spacial score (nSPS) is 27.4. The molecule has 43 heavy (non-hydrogen) atoms. The quantitative estimate of drug-likeness (QED) is 0.172. The van der Waals surface area contributed by atoms with Crippen LogP contribution in [0.5, 0.6) is 11.5 Å². The van der Waals surface area contributed by atoms with Crippen LogP contribution < -0.4 is 16.4 Å². The lowest BCUT2D eigenvalue weighted by molar-refractivity contribution is -0.112. The van der Waals surface area contributed by atoms with Crippen molar-refractivity contribution >= 4 is 23.4 Å². The number of ether oxygens (including phenoxy) is 3. The Morgan fingerprint density at radius 3 is 2.47 bits per heavy atom. The van der Waals surface area contributed by atoms with Gasteiger partial charge in [-0.15, -0.1) is 0 Å². The number of allylic oxidation sites excluding steroid dienone is 3. The molecule has 240 valence electrons. The van der Waals surface area contributed by atoms with Crippen molar-refractivity contribution in [3.63, 3.8) is 0 Å². The van der Waals surface area contributed by atoms with Gasteiger partial charge in [0.05, 0.1) is 17.5 Å². The van der Waals surface area contributed by atoms with Gasteiger partial charge in [-0.25, -0.2) is 4.79 Å². The van der Waals surface area contributed by atoms with Crippen LogP contribution in [-0.4, -0.2) is 86.8 Å². The van der Waals surface area contributed by atoms with Crippen LogP contribution in [0.15, 0.2) is 41.5 Å². The Balaban J connectivity index is 2.60. The summed E-state index contributed by atoms with van der Waals surface area (Å²) in [6.45, 7) is 8.87. The highest BCUT2D eigenvalue weighted by Crippen LogP contribution is 2.42. The van der Waals surface area contributed by atoms with E-state index in [2.05, 4.69) is 24.5 Å². The summed E-state index contributed by atoms with van der Waals surface area (Å²) in [5.74, 6) is -0.522. The highest BCUT2D eigenvalue weighted by Gasteiger charge is 2.26. The third kappa shape index (κ3) is 10.9. The van der Waals surface area contributed by atoms with Crippen LogP contribution in [0, 0.1) is 11.8 Å². The molecule has 6 N–H and O–H groups in total. The number of methoxy groups -OCH3 is 2. The van der Waals surface area contributed by atoms with E-state index in [4.69, 9.17) is 19.9 Å². The van der Waals surface area contributed by atoms with E-state index in [1.807, 2.05) is 32.0 Å². The van der Waals surface area contributed by atoms with Crippen molar-refractivity contribution in [3.05, 3.63) is 47.1 Å². The first-order valence-electron chi connectivity index (χ1n) is 14.6. The number of rotatable bonds is 7. The van der Waals surface area contributed by atoms with Crippen LogP contribution in [0.1, 0.15) is 46.1 Å². The average molecular weight is 603 g/mol. The zero-order valence-corrected chi connectivity index (χ0v) is 26.8. The SMILES string of the molecule is COC1C[C@H](C)Cc2c(O)c(cc(O)c2NCCN(C)C)NC(=O)/C(C)=C/C=C\C(OC)C(OC(N)=O)/C(C)=C/[C@H](C)C1. The molecule has 1 aromatic rings. The monoisotopic (exact) mass is 602 g/mol. The van der Waals surface area contributed by atoms with Gasteiger partial charge in [-0.1, -0.05) is 38.2 Å².